The van der Waals surface area contributed by atoms with Crippen LogP contribution in [0.1, 0.15) is 60.6 Å². The Labute approximate surface area is 181 Å². The molecule has 2 aliphatic heterocycles. The molecule has 3 aliphatic rings. The van der Waals surface area contributed by atoms with Crippen LogP contribution in [-0.2, 0) is 4.74 Å². The number of aromatic nitrogens is 1. The van der Waals surface area contributed by atoms with E-state index >= 15 is 0 Å². The van der Waals surface area contributed by atoms with Gasteiger partial charge in [0.15, 0.2) is 11.4 Å². The molecule has 1 aliphatic carbocycles. The Morgan fingerprint density at radius 3 is 2.52 bits per heavy atom. The summed E-state index contributed by atoms with van der Waals surface area (Å²) in [4.78, 5) is 26.7. The number of carbonyl (C=O) groups excluding carboxylic acids is 1. The highest BCUT2D eigenvalue weighted by molar-refractivity contribution is 5.96. The maximum absolute atomic E-state index is 13.0. The van der Waals surface area contributed by atoms with E-state index in [9.17, 15) is 14.7 Å². The lowest BCUT2D eigenvalue weighted by Crippen LogP contribution is -2.65. The number of nitrogens with zero attached hydrogens (tertiary/aromatic N) is 3. The van der Waals surface area contributed by atoms with Crippen LogP contribution in [0.2, 0.25) is 0 Å². The normalized spacial score (nSPS) is 26.1. The smallest absolute Gasteiger partial charge is 0.277 e. The van der Waals surface area contributed by atoms with E-state index in [0.29, 0.717) is 5.92 Å². The van der Waals surface area contributed by atoms with E-state index in [1.807, 2.05) is 18.2 Å². The Balaban J connectivity index is 1.58. The SMILES string of the molecule is CN1C(=O)c2c(O)c(=O)ccn2N2C(c3ccccc3)C(OCC3CCCC3)CCC12. The first-order chi connectivity index (χ1) is 15.1. The van der Waals surface area contributed by atoms with Crippen molar-refractivity contribution < 1.29 is 14.6 Å². The molecule has 164 valence electrons. The number of pyridine rings is 1. The zero-order valence-corrected chi connectivity index (χ0v) is 17.8. The lowest BCUT2D eigenvalue weighted by atomic mass is 9.90. The van der Waals surface area contributed by atoms with Crippen molar-refractivity contribution in [3.05, 3.63) is 64.1 Å². The number of amides is 1. The molecular formula is C24H29N3O4. The minimum absolute atomic E-state index is 0.0172. The molecule has 0 bridgehead atoms. The summed E-state index contributed by atoms with van der Waals surface area (Å²) in [5.74, 6) is -0.223. The van der Waals surface area contributed by atoms with Gasteiger partial charge in [-0.15, -0.1) is 0 Å². The standard InChI is InChI=1S/C24H29N3O4/c1-25-20-12-11-19(31-15-16-7-5-6-8-16)21(17-9-3-2-4-10-17)27(20)26-14-13-18(28)23(29)22(26)24(25)30/h2-4,9-10,13-14,16,19-21,29H,5-8,11-12,15H2,1H3. The van der Waals surface area contributed by atoms with Crippen LogP contribution in [0, 0.1) is 5.92 Å². The molecule has 5 rings (SSSR count). The van der Waals surface area contributed by atoms with Gasteiger partial charge in [-0.05, 0) is 37.2 Å². The molecule has 1 saturated carbocycles. The number of piperidine rings is 1. The van der Waals surface area contributed by atoms with Gasteiger partial charge in [0.2, 0.25) is 5.43 Å². The lowest BCUT2D eigenvalue weighted by molar-refractivity contribution is -0.0306. The number of hydrogen-bond acceptors (Lipinski definition) is 5. The van der Waals surface area contributed by atoms with Crippen LogP contribution in [0.15, 0.2) is 47.4 Å². The van der Waals surface area contributed by atoms with Crippen LogP contribution in [0.25, 0.3) is 0 Å². The molecule has 2 aromatic rings. The first kappa shape index (κ1) is 20.1. The third-order valence-electron chi connectivity index (χ3n) is 7.09. The van der Waals surface area contributed by atoms with Crippen molar-refractivity contribution in [3.63, 3.8) is 0 Å². The van der Waals surface area contributed by atoms with Crippen LogP contribution in [-0.4, -0.2) is 46.5 Å². The van der Waals surface area contributed by atoms with Crippen molar-refractivity contribution in [2.75, 3.05) is 18.7 Å². The molecule has 1 aromatic carbocycles. The molecule has 0 radical (unpaired) electrons. The van der Waals surface area contributed by atoms with Crippen molar-refractivity contribution in [2.24, 2.45) is 5.92 Å². The predicted molar refractivity (Wildman–Crippen MR) is 117 cm³/mol. The highest BCUT2D eigenvalue weighted by atomic mass is 16.5. The summed E-state index contributed by atoms with van der Waals surface area (Å²) in [5, 5.41) is 12.6. The Kier molecular flexibility index (Phi) is 5.22. The number of rotatable bonds is 4. The Bertz CT molecular complexity index is 1020. The Morgan fingerprint density at radius 2 is 1.77 bits per heavy atom. The summed E-state index contributed by atoms with van der Waals surface area (Å²) < 4.78 is 8.20. The van der Waals surface area contributed by atoms with E-state index in [1.54, 1.807) is 22.8 Å². The van der Waals surface area contributed by atoms with Gasteiger partial charge in [-0.2, -0.15) is 0 Å². The maximum atomic E-state index is 13.0. The van der Waals surface area contributed by atoms with Gasteiger partial charge in [0.25, 0.3) is 5.91 Å². The number of aromatic hydroxyl groups is 1. The molecule has 3 heterocycles. The molecular weight excluding hydrogens is 394 g/mol. The summed E-state index contributed by atoms with van der Waals surface area (Å²) in [6, 6.07) is 11.3. The highest BCUT2D eigenvalue weighted by Crippen LogP contribution is 2.40. The fourth-order valence-corrected chi connectivity index (χ4v) is 5.45. The molecule has 1 N–H and O–H groups in total. The molecule has 1 amide bonds. The highest BCUT2D eigenvalue weighted by Gasteiger charge is 2.47. The number of fused-ring (bicyclic) bond motifs is 3. The fourth-order valence-electron chi connectivity index (χ4n) is 5.45. The fraction of sp³-hybridized carbons (Fsp3) is 0.500. The maximum Gasteiger partial charge on any atom is 0.277 e. The molecule has 3 atom stereocenters. The van der Waals surface area contributed by atoms with Crippen LogP contribution in [0.5, 0.6) is 5.75 Å². The van der Waals surface area contributed by atoms with Gasteiger partial charge in [0.05, 0.1) is 12.1 Å². The second-order valence-corrected chi connectivity index (χ2v) is 8.95. The summed E-state index contributed by atoms with van der Waals surface area (Å²) in [6.07, 6.45) is 7.98. The van der Waals surface area contributed by atoms with Gasteiger partial charge in [-0.3, -0.25) is 19.3 Å². The van der Waals surface area contributed by atoms with Crippen molar-refractivity contribution in [1.82, 2.24) is 9.58 Å². The van der Waals surface area contributed by atoms with Crippen LogP contribution >= 0.6 is 0 Å². The number of benzene rings is 1. The quantitative estimate of drug-likeness (QED) is 0.818. The van der Waals surface area contributed by atoms with Gasteiger partial charge < -0.3 is 14.7 Å². The summed E-state index contributed by atoms with van der Waals surface area (Å²) in [6.45, 7) is 0.754. The molecule has 31 heavy (non-hydrogen) atoms. The molecule has 7 heteroatoms. The zero-order chi connectivity index (χ0) is 21.5. The second-order valence-electron chi connectivity index (χ2n) is 8.95. The van der Waals surface area contributed by atoms with Gasteiger partial charge in [-0.1, -0.05) is 43.2 Å². The third-order valence-corrected chi connectivity index (χ3v) is 7.09. The monoisotopic (exact) mass is 423 g/mol. The Morgan fingerprint density at radius 1 is 1.03 bits per heavy atom. The summed E-state index contributed by atoms with van der Waals surface area (Å²) >= 11 is 0. The van der Waals surface area contributed by atoms with Gasteiger partial charge >= 0.3 is 0 Å². The Hall–Kier alpha value is -2.80. The predicted octanol–water partition coefficient (Wildman–Crippen LogP) is 3.01. The van der Waals surface area contributed by atoms with Crippen molar-refractivity contribution in [2.45, 2.75) is 56.8 Å². The van der Waals surface area contributed by atoms with E-state index in [-0.39, 0.29) is 29.9 Å². The molecule has 7 nitrogen and oxygen atoms in total. The van der Waals surface area contributed by atoms with Crippen molar-refractivity contribution >= 4 is 5.91 Å². The zero-order valence-electron chi connectivity index (χ0n) is 17.8. The van der Waals surface area contributed by atoms with E-state index in [0.717, 1.165) is 25.0 Å². The number of ether oxygens (including phenoxy) is 1. The van der Waals surface area contributed by atoms with E-state index in [2.05, 4.69) is 17.1 Å². The molecule has 2 fully saturated rings. The van der Waals surface area contributed by atoms with E-state index in [4.69, 9.17) is 4.74 Å². The average Bonchev–Trinajstić information content (AvgIpc) is 3.31. The molecule has 1 aromatic heterocycles. The van der Waals surface area contributed by atoms with Gasteiger partial charge in [0, 0.05) is 25.9 Å². The van der Waals surface area contributed by atoms with Gasteiger partial charge in [-0.25, -0.2) is 0 Å². The van der Waals surface area contributed by atoms with E-state index < -0.39 is 11.2 Å². The van der Waals surface area contributed by atoms with Crippen LogP contribution < -0.4 is 10.4 Å². The largest absolute Gasteiger partial charge is 0.502 e. The van der Waals surface area contributed by atoms with Crippen LogP contribution in [0.4, 0.5) is 0 Å². The van der Waals surface area contributed by atoms with Crippen LogP contribution in [0.3, 0.4) is 0 Å². The van der Waals surface area contributed by atoms with Gasteiger partial charge in [0.1, 0.15) is 6.17 Å². The molecule has 1 saturated heterocycles. The van der Waals surface area contributed by atoms with E-state index in [1.165, 1.54) is 31.7 Å². The molecule has 0 spiro atoms. The average molecular weight is 424 g/mol. The minimum Gasteiger partial charge on any atom is -0.502 e. The summed E-state index contributed by atoms with van der Waals surface area (Å²) in [7, 11) is 1.74. The van der Waals surface area contributed by atoms with Crippen molar-refractivity contribution in [1.29, 1.82) is 0 Å². The number of hydrogen-bond donors (Lipinski definition) is 1. The second kappa shape index (κ2) is 8.04. The van der Waals surface area contributed by atoms with Crippen molar-refractivity contribution in [3.8, 4) is 5.75 Å². The summed E-state index contributed by atoms with van der Waals surface area (Å²) in [5.41, 5.74) is 0.563. The first-order valence-corrected chi connectivity index (χ1v) is 11.2. The minimum atomic E-state index is -0.547. The lowest BCUT2D eigenvalue weighted by Gasteiger charge is -2.53. The first-order valence-electron chi connectivity index (χ1n) is 11.2. The third kappa shape index (κ3) is 3.41. The topological polar surface area (TPSA) is 75.0 Å². The number of carbonyl (C=O) groups is 1. The molecule has 3 unspecified atom stereocenters.